The van der Waals surface area contributed by atoms with Crippen LogP contribution in [0.2, 0.25) is 0 Å². The first-order chi connectivity index (χ1) is 9.41. The number of imide groups is 1. The molecule has 3 amide bonds. The Labute approximate surface area is 114 Å². The van der Waals surface area contributed by atoms with Gasteiger partial charge in [0.05, 0.1) is 11.1 Å². The summed E-state index contributed by atoms with van der Waals surface area (Å²) >= 11 is 0. The summed E-state index contributed by atoms with van der Waals surface area (Å²) in [5.74, 6) is -3.00. The van der Waals surface area contributed by atoms with Crippen LogP contribution >= 0.6 is 0 Å². The fraction of sp³-hybridized carbons (Fsp3) is 0.231. The number of nitrogens with one attached hydrogen (secondary N) is 1. The number of nitrogens with zero attached hydrogens (tertiary/aromatic N) is 1. The van der Waals surface area contributed by atoms with Crippen molar-refractivity contribution in [2.24, 2.45) is 0 Å². The van der Waals surface area contributed by atoms with Crippen molar-refractivity contribution < 1.29 is 24.3 Å². The molecule has 104 valence electrons. The van der Waals surface area contributed by atoms with Crippen molar-refractivity contribution in [1.82, 2.24) is 10.2 Å². The summed E-state index contributed by atoms with van der Waals surface area (Å²) < 4.78 is 0. The molecule has 0 saturated heterocycles. The third kappa shape index (κ3) is 2.37. The Hall–Kier alpha value is -2.70. The Morgan fingerprint density at radius 2 is 1.70 bits per heavy atom. The summed E-state index contributed by atoms with van der Waals surface area (Å²) in [6.07, 6.45) is 0. The van der Waals surface area contributed by atoms with E-state index >= 15 is 0 Å². The highest BCUT2D eigenvalue weighted by Gasteiger charge is 2.36. The van der Waals surface area contributed by atoms with Gasteiger partial charge in [-0.2, -0.15) is 0 Å². The largest absolute Gasteiger partial charge is 0.480 e. The zero-order chi connectivity index (χ0) is 14.9. The normalized spacial score (nSPS) is 14.9. The first-order valence-corrected chi connectivity index (χ1v) is 5.89. The highest BCUT2D eigenvalue weighted by molar-refractivity contribution is 6.22. The zero-order valence-electron chi connectivity index (χ0n) is 10.6. The smallest absolute Gasteiger partial charge is 0.325 e. The maximum Gasteiger partial charge on any atom is 0.325 e. The predicted octanol–water partition coefficient (Wildman–Crippen LogP) is -0.128. The van der Waals surface area contributed by atoms with Crippen molar-refractivity contribution in [3.63, 3.8) is 0 Å². The van der Waals surface area contributed by atoms with Crippen molar-refractivity contribution in [3.8, 4) is 0 Å². The molecule has 0 bridgehead atoms. The van der Waals surface area contributed by atoms with Gasteiger partial charge in [0.15, 0.2) is 0 Å². The molecule has 0 radical (unpaired) electrons. The Bertz CT molecular complexity index is 576. The van der Waals surface area contributed by atoms with Gasteiger partial charge in [0.1, 0.15) is 12.6 Å². The second-order valence-corrected chi connectivity index (χ2v) is 4.37. The lowest BCUT2D eigenvalue weighted by Gasteiger charge is -2.15. The first-order valence-electron chi connectivity index (χ1n) is 5.89. The second-order valence-electron chi connectivity index (χ2n) is 4.37. The molecule has 2 rings (SSSR count). The van der Waals surface area contributed by atoms with Gasteiger partial charge in [-0.15, -0.1) is 0 Å². The monoisotopic (exact) mass is 276 g/mol. The van der Waals surface area contributed by atoms with Crippen LogP contribution in [0.4, 0.5) is 0 Å². The van der Waals surface area contributed by atoms with Gasteiger partial charge >= 0.3 is 5.97 Å². The van der Waals surface area contributed by atoms with Crippen LogP contribution in [0.3, 0.4) is 0 Å². The lowest BCUT2D eigenvalue weighted by atomic mass is 10.1. The molecule has 1 aliphatic rings. The third-order valence-corrected chi connectivity index (χ3v) is 2.93. The van der Waals surface area contributed by atoms with Crippen LogP contribution in [0.1, 0.15) is 27.6 Å². The van der Waals surface area contributed by atoms with Crippen molar-refractivity contribution in [2.45, 2.75) is 13.0 Å². The molecule has 0 aromatic heterocycles. The second kappa shape index (κ2) is 5.12. The number of hydrogen-bond acceptors (Lipinski definition) is 4. The molecule has 2 N–H and O–H groups in total. The van der Waals surface area contributed by atoms with E-state index in [9.17, 15) is 19.2 Å². The number of carbonyl (C=O) groups excluding carboxylic acids is 3. The molecule has 1 atom stereocenters. The van der Waals surface area contributed by atoms with Crippen molar-refractivity contribution in [1.29, 1.82) is 0 Å². The van der Waals surface area contributed by atoms with Gasteiger partial charge in [-0.1, -0.05) is 12.1 Å². The first kappa shape index (κ1) is 13.7. The molecule has 0 spiro atoms. The number of carboxylic acids is 1. The lowest BCUT2D eigenvalue weighted by molar-refractivity contribution is -0.141. The van der Waals surface area contributed by atoms with E-state index in [4.69, 9.17) is 5.11 Å². The van der Waals surface area contributed by atoms with Gasteiger partial charge in [-0.3, -0.25) is 24.1 Å². The molecule has 7 nitrogen and oxygen atoms in total. The quantitative estimate of drug-likeness (QED) is 0.746. The Morgan fingerprint density at radius 3 is 2.15 bits per heavy atom. The van der Waals surface area contributed by atoms with Crippen LogP contribution in [0.25, 0.3) is 0 Å². The molecule has 1 aromatic carbocycles. The standard InChI is InChI=1S/C13H12N2O5/c1-7(13(19)20)14-10(16)6-15-11(17)8-4-2-3-5-9(8)12(15)18/h2-5,7H,6H2,1H3,(H,14,16)(H,19,20). The molecule has 1 aromatic rings. The molecule has 20 heavy (non-hydrogen) atoms. The van der Waals surface area contributed by atoms with Gasteiger partial charge < -0.3 is 10.4 Å². The van der Waals surface area contributed by atoms with E-state index in [1.165, 1.54) is 19.1 Å². The molecule has 0 fully saturated rings. The lowest BCUT2D eigenvalue weighted by Crippen LogP contribution is -2.45. The van der Waals surface area contributed by atoms with Crippen molar-refractivity contribution >= 4 is 23.7 Å². The highest BCUT2D eigenvalue weighted by Crippen LogP contribution is 2.21. The van der Waals surface area contributed by atoms with E-state index in [-0.39, 0.29) is 11.1 Å². The maximum absolute atomic E-state index is 12.0. The minimum absolute atomic E-state index is 0.247. The van der Waals surface area contributed by atoms with E-state index in [0.717, 1.165) is 4.90 Å². The number of amides is 3. The van der Waals surface area contributed by atoms with Crippen LogP contribution in [0.15, 0.2) is 24.3 Å². The number of carbonyl (C=O) groups is 4. The molecule has 0 aliphatic carbocycles. The number of benzene rings is 1. The molecule has 1 aliphatic heterocycles. The maximum atomic E-state index is 12.0. The van der Waals surface area contributed by atoms with Crippen LogP contribution in [-0.4, -0.2) is 46.3 Å². The van der Waals surface area contributed by atoms with E-state index in [2.05, 4.69) is 5.32 Å². The Morgan fingerprint density at radius 1 is 1.20 bits per heavy atom. The number of carboxylic acid groups (broad SMARTS) is 1. The Balaban J connectivity index is 2.09. The molecule has 7 heteroatoms. The topological polar surface area (TPSA) is 104 Å². The zero-order valence-corrected chi connectivity index (χ0v) is 10.6. The van der Waals surface area contributed by atoms with Crippen LogP contribution in [-0.2, 0) is 9.59 Å². The fourth-order valence-electron chi connectivity index (χ4n) is 1.88. The number of hydrogen-bond donors (Lipinski definition) is 2. The Kier molecular flexibility index (Phi) is 3.51. The molecular formula is C13H12N2O5. The molecule has 1 heterocycles. The van der Waals surface area contributed by atoms with Crippen molar-refractivity contribution in [3.05, 3.63) is 35.4 Å². The van der Waals surface area contributed by atoms with E-state index in [0.29, 0.717) is 0 Å². The number of aliphatic carboxylic acids is 1. The van der Waals surface area contributed by atoms with Gasteiger partial charge in [0.25, 0.3) is 11.8 Å². The summed E-state index contributed by atoms with van der Waals surface area (Å²) in [7, 11) is 0. The van der Waals surface area contributed by atoms with Gasteiger partial charge in [-0.05, 0) is 19.1 Å². The van der Waals surface area contributed by atoms with Gasteiger partial charge in [0, 0.05) is 0 Å². The number of rotatable bonds is 4. The van der Waals surface area contributed by atoms with Crippen molar-refractivity contribution in [2.75, 3.05) is 6.54 Å². The van der Waals surface area contributed by atoms with E-state index in [1.807, 2.05) is 0 Å². The summed E-state index contributed by atoms with van der Waals surface area (Å²) in [6, 6.07) is 5.18. The minimum Gasteiger partial charge on any atom is -0.480 e. The molecule has 0 saturated carbocycles. The van der Waals surface area contributed by atoms with Crippen LogP contribution in [0, 0.1) is 0 Å². The average molecular weight is 276 g/mol. The predicted molar refractivity (Wildman–Crippen MR) is 67.0 cm³/mol. The average Bonchev–Trinajstić information content (AvgIpc) is 2.64. The SMILES string of the molecule is CC(NC(=O)CN1C(=O)c2ccccc2C1=O)C(=O)O. The summed E-state index contributed by atoms with van der Waals surface area (Å²) in [6.45, 7) is 0.798. The summed E-state index contributed by atoms with van der Waals surface area (Å²) in [5.41, 5.74) is 0.494. The minimum atomic E-state index is -1.19. The third-order valence-electron chi connectivity index (χ3n) is 2.93. The molecular weight excluding hydrogens is 264 g/mol. The highest BCUT2D eigenvalue weighted by atomic mass is 16.4. The number of fused-ring (bicyclic) bond motifs is 1. The van der Waals surface area contributed by atoms with Crippen LogP contribution < -0.4 is 5.32 Å². The van der Waals surface area contributed by atoms with Gasteiger partial charge in [-0.25, -0.2) is 0 Å². The summed E-state index contributed by atoms with van der Waals surface area (Å²) in [5, 5.41) is 10.9. The van der Waals surface area contributed by atoms with E-state index < -0.39 is 36.3 Å². The molecule has 1 unspecified atom stereocenters. The van der Waals surface area contributed by atoms with E-state index in [1.54, 1.807) is 12.1 Å². The van der Waals surface area contributed by atoms with Gasteiger partial charge in [0.2, 0.25) is 5.91 Å². The summed E-state index contributed by atoms with van der Waals surface area (Å²) in [4.78, 5) is 47.0. The van der Waals surface area contributed by atoms with Crippen LogP contribution in [0.5, 0.6) is 0 Å². The fourth-order valence-corrected chi connectivity index (χ4v) is 1.88.